The van der Waals surface area contributed by atoms with Crippen molar-refractivity contribution in [2.24, 2.45) is 7.05 Å². The predicted octanol–water partition coefficient (Wildman–Crippen LogP) is 4.96. The third kappa shape index (κ3) is 4.51. The van der Waals surface area contributed by atoms with Crippen LogP contribution < -0.4 is 4.90 Å². The van der Waals surface area contributed by atoms with Crippen LogP contribution in [0.5, 0.6) is 0 Å². The fraction of sp³-hybridized carbons (Fsp3) is 0.464. The van der Waals surface area contributed by atoms with Crippen molar-refractivity contribution >= 4 is 11.6 Å². The number of aryl methyl sites for hydroxylation is 1. The van der Waals surface area contributed by atoms with Crippen LogP contribution >= 0.6 is 0 Å². The molecule has 1 aromatic heterocycles. The van der Waals surface area contributed by atoms with Crippen molar-refractivity contribution in [2.75, 3.05) is 31.2 Å². The monoisotopic (exact) mass is 543 g/mol. The molecule has 3 aliphatic heterocycles. The summed E-state index contributed by atoms with van der Waals surface area (Å²) in [5, 5.41) is 7.70. The van der Waals surface area contributed by atoms with E-state index < -0.39 is 29.2 Å². The Bertz CT molecular complexity index is 1390. The highest BCUT2D eigenvalue weighted by atomic mass is 19.4. The summed E-state index contributed by atoms with van der Waals surface area (Å²) < 4.78 is 65.3. The molecule has 7 nitrogen and oxygen atoms in total. The first kappa shape index (κ1) is 25.9. The quantitative estimate of drug-likeness (QED) is 0.412. The van der Waals surface area contributed by atoms with Gasteiger partial charge in [0.2, 0.25) is 0 Å². The predicted molar refractivity (Wildman–Crippen MR) is 135 cm³/mol. The highest BCUT2D eigenvalue weighted by molar-refractivity contribution is 6.10. The lowest BCUT2D eigenvalue weighted by molar-refractivity contribution is -0.138. The van der Waals surface area contributed by atoms with Gasteiger partial charge >= 0.3 is 6.18 Å². The topological polar surface area (TPSA) is 63.5 Å². The minimum atomic E-state index is -4.59. The van der Waals surface area contributed by atoms with Crippen LogP contribution in [0.1, 0.15) is 63.9 Å². The SMILES string of the molecule is Cn1cnnc1[C@H](F)C1(c2cccc(N3Cc4c(cc(CN5CCCCC5)cc4C(F)(F)F)C3=O)c2)COC1. The van der Waals surface area contributed by atoms with Crippen LogP contribution in [-0.4, -0.2) is 51.9 Å². The average Bonchev–Trinajstić information content (AvgIpc) is 3.46. The van der Waals surface area contributed by atoms with Gasteiger partial charge in [0.05, 0.1) is 30.7 Å². The maximum Gasteiger partial charge on any atom is 0.416 e. The van der Waals surface area contributed by atoms with Crippen molar-refractivity contribution in [1.29, 1.82) is 0 Å². The van der Waals surface area contributed by atoms with Crippen LogP contribution in [0.4, 0.5) is 23.2 Å². The molecular formula is C28H29F4N5O2. The zero-order chi connectivity index (χ0) is 27.4. The third-order valence-electron chi connectivity index (χ3n) is 8.17. The Morgan fingerprint density at radius 2 is 1.87 bits per heavy atom. The number of likely N-dealkylation sites (tertiary alicyclic amines) is 1. The molecule has 206 valence electrons. The lowest BCUT2D eigenvalue weighted by Gasteiger charge is -2.43. The molecule has 0 spiro atoms. The first-order valence-electron chi connectivity index (χ1n) is 13.1. The molecule has 3 aromatic rings. The lowest BCUT2D eigenvalue weighted by atomic mass is 9.74. The number of hydrogen-bond donors (Lipinski definition) is 0. The fourth-order valence-electron chi connectivity index (χ4n) is 5.93. The van der Waals surface area contributed by atoms with Crippen molar-refractivity contribution in [3.05, 3.63) is 76.4 Å². The summed E-state index contributed by atoms with van der Waals surface area (Å²) >= 11 is 0. The molecule has 6 rings (SSSR count). The van der Waals surface area contributed by atoms with E-state index in [0.29, 0.717) is 23.4 Å². The zero-order valence-electron chi connectivity index (χ0n) is 21.5. The third-order valence-corrected chi connectivity index (χ3v) is 8.17. The molecule has 0 aliphatic carbocycles. The van der Waals surface area contributed by atoms with Gasteiger partial charge < -0.3 is 14.2 Å². The number of anilines is 1. The summed E-state index contributed by atoms with van der Waals surface area (Å²) in [4.78, 5) is 17.0. The van der Waals surface area contributed by atoms with Crippen LogP contribution in [0.25, 0.3) is 0 Å². The standard InChI is InChI=1S/C28H29F4N5O2/c1-35-17-33-34-25(35)24(29)27(15-39-16-27)19-6-5-7-20(12-19)37-14-22-21(26(37)38)10-18(11-23(22)28(30,31)32)13-36-8-3-2-4-9-36/h5-7,10-12,17,24H,2-4,8-9,13-16H2,1H3/t24-/m0/s1. The second-order valence-electron chi connectivity index (χ2n) is 10.8. The van der Waals surface area contributed by atoms with Gasteiger partial charge in [-0.15, -0.1) is 10.2 Å². The number of rotatable bonds is 6. The van der Waals surface area contributed by atoms with Crippen molar-refractivity contribution < 1.29 is 27.1 Å². The number of nitrogens with zero attached hydrogens (tertiary/aromatic N) is 5. The summed E-state index contributed by atoms with van der Waals surface area (Å²) in [6, 6.07) is 9.58. The summed E-state index contributed by atoms with van der Waals surface area (Å²) in [5.41, 5.74) is -0.264. The number of carbonyl (C=O) groups excluding carboxylic acids is 1. The zero-order valence-corrected chi connectivity index (χ0v) is 21.5. The van der Waals surface area contributed by atoms with E-state index >= 15 is 4.39 Å². The van der Waals surface area contributed by atoms with Gasteiger partial charge in [0, 0.05) is 24.8 Å². The molecule has 2 saturated heterocycles. The highest BCUT2D eigenvalue weighted by Crippen LogP contribution is 2.46. The number of amides is 1. The Hall–Kier alpha value is -3.31. The minimum absolute atomic E-state index is 0.0237. The first-order chi connectivity index (χ1) is 18.7. The Kier molecular flexibility index (Phi) is 6.46. The van der Waals surface area contributed by atoms with Gasteiger partial charge in [-0.05, 0) is 66.9 Å². The maximum atomic E-state index is 15.8. The summed E-state index contributed by atoms with van der Waals surface area (Å²) in [6.07, 6.45) is -1.54. The number of benzene rings is 2. The normalized spacial score (nSPS) is 20.1. The van der Waals surface area contributed by atoms with E-state index in [1.54, 1.807) is 37.4 Å². The van der Waals surface area contributed by atoms with E-state index in [-0.39, 0.29) is 36.7 Å². The van der Waals surface area contributed by atoms with Crippen LogP contribution in [0.2, 0.25) is 0 Å². The number of fused-ring (bicyclic) bond motifs is 1. The number of alkyl halides is 4. The lowest BCUT2D eigenvalue weighted by Crippen LogP contribution is -2.50. The van der Waals surface area contributed by atoms with E-state index in [4.69, 9.17) is 4.74 Å². The Morgan fingerprint density at radius 3 is 2.51 bits per heavy atom. The molecule has 1 amide bonds. The van der Waals surface area contributed by atoms with Gasteiger partial charge in [0.25, 0.3) is 5.91 Å². The molecule has 11 heteroatoms. The largest absolute Gasteiger partial charge is 0.416 e. The number of hydrogen-bond acceptors (Lipinski definition) is 5. The molecule has 4 heterocycles. The van der Waals surface area contributed by atoms with Crippen LogP contribution in [0, 0.1) is 0 Å². The molecule has 1 atom stereocenters. The van der Waals surface area contributed by atoms with Crippen molar-refractivity contribution in [3.63, 3.8) is 0 Å². The summed E-state index contributed by atoms with van der Waals surface area (Å²) in [6.45, 7) is 2.05. The molecule has 0 N–H and O–H groups in total. The molecule has 0 bridgehead atoms. The average molecular weight is 544 g/mol. The molecule has 2 aromatic carbocycles. The minimum Gasteiger partial charge on any atom is -0.379 e. The van der Waals surface area contributed by atoms with Crippen molar-refractivity contribution in [3.8, 4) is 0 Å². The van der Waals surface area contributed by atoms with Crippen LogP contribution in [-0.2, 0) is 36.5 Å². The molecule has 3 aliphatic rings. The van der Waals surface area contributed by atoms with Crippen LogP contribution in [0.15, 0.2) is 42.7 Å². The van der Waals surface area contributed by atoms with Gasteiger partial charge in [-0.25, -0.2) is 4.39 Å². The molecule has 0 radical (unpaired) electrons. The number of halogens is 4. The van der Waals surface area contributed by atoms with E-state index in [1.807, 2.05) is 0 Å². The molecule has 2 fully saturated rings. The second kappa shape index (κ2) is 9.71. The molecule has 0 saturated carbocycles. The van der Waals surface area contributed by atoms with Gasteiger partial charge in [-0.3, -0.25) is 9.69 Å². The number of ether oxygens (including phenoxy) is 1. The van der Waals surface area contributed by atoms with Crippen molar-refractivity contribution in [1.82, 2.24) is 19.7 Å². The Labute approximate surface area is 223 Å². The summed E-state index contributed by atoms with van der Waals surface area (Å²) in [5.74, 6) is -0.332. The van der Waals surface area contributed by atoms with E-state index in [2.05, 4.69) is 15.1 Å². The fourth-order valence-corrected chi connectivity index (χ4v) is 5.93. The van der Waals surface area contributed by atoms with Gasteiger partial charge in [0.1, 0.15) is 6.33 Å². The Morgan fingerprint density at radius 1 is 1.10 bits per heavy atom. The summed E-state index contributed by atoms with van der Waals surface area (Å²) in [7, 11) is 1.66. The van der Waals surface area contributed by atoms with E-state index in [1.165, 1.54) is 21.9 Å². The molecule has 39 heavy (non-hydrogen) atoms. The van der Waals surface area contributed by atoms with Crippen LogP contribution in [0.3, 0.4) is 0 Å². The molecular weight excluding hydrogens is 514 g/mol. The first-order valence-corrected chi connectivity index (χ1v) is 13.1. The highest BCUT2D eigenvalue weighted by Gasteiger charge is 2.51. The van der Waals surface area contributed by atoms with Crippen molar-refractivity contribution in [2.45, 2.75) is 50.1 Å². The van der Waals surface area contributed by atoms with Gasteiger partial charge in [-0.2, -0.15) is 13.2 Å². The smallest absolute Gasteiger partial charge is 0.379 e. The van der Waals surface area contributed by atoms with Gasteiger partial charge in [0.15, 0.2) is 12.0 Å². The van der Waals surface area contributed by atoms with Gasteiger partial charge in [-0.1, -0.05) is 18.6 Å². The van der Waals surface area contributed by atoms with E-state index in [9.17, 15) is 18.0 Å². The maximum absolute atomic E-state index is 15.8. The number of aromatic nitrogens is 3. The number of carbonyl (C=O) groups is 1. The number of piperidine rings is 1. The Balaban J connectivity index is 1.33. The molecule has 0 unspecified atom stereocenters. The van der Waals surface area contributed by atoms with E-state index in [0.717, 1.165) is 32.4 Å². The second-order valence-corrected chi connectivity index (χ2v) is 10.8.